The molecule has 4 heteroatoms. The van der Waals surface area contributed by atoms with E-state index in [1.165, 1.54) is 12.8 Å². The van der Waals surface area contributed by atoms with Gasteiger partial charge in [-0.25, -0.2) is 0 Å². The zero-order valence-corrected chi connectivity index (χ0v) is 12.2. The van der Waals surface area contributed by atoms with Gasteiger partial charge >= 0.3 is 0 Å². The normalized spacial score (nSPS) is 29.3. The predicted octanol–water partition coefficient (Wildman–Crippen LogP) is 5.31. The molecule has 0 aromatic heterocycles. The third-order valence-electron chi connectivity index (χ3n) is 4.40. The highest BCUT2D eigenvalue weighted by atomic mass is 35.5. The van der Waals surface area contributed by atoms with Gasteiger partial charge in [-0.15, -0.1) is 11.6 Å². The fourth-order valence-corrected chi connectivity index (χ4v) is 4.28. The van der Waals surface area contributed by atoms with E-state index in [4.69, 9.17) is 39.5 Å². The second kappa shape index (κ2) is 4.77. The molecule has 0 bridgehead atoms. The van der Waals surface area contributed by atoms with Crippen molar-refractivity contribution in [2.45, 2.75) is 43.6 Å². The second-order valence-corrected chi connectivity index (χ2v) is 6.64. The monoisotopic (exact) mass is 304 g/mol. The van der Waals surface area contributed by atoms with Gasteiger partial charge in [-0.1, -0.05) is 42.1 Å². The van der Waals surface area contributed by atoms with Gasteiger partial charge in [0, 0.05) is 17.2 Å². The molecule has 1 aromatic rings. The van der Waals surface area contributed by atoms with Crippen LogP contribution in [0.5, 0.6) is 5.75 Å². The maximum Gasteiger partial charge on any atom is 0.156 e. The van der Waals surface area contributed by atoms with E-state index >= 15 is 0 Å². The topological polar surface area (TPSA) is 9.23 Å². The van der Waals surface area contributed by atoms with Gasteiger partial charge in [0.1, 0.15) is 6.10 Å². The average molecular weight is 306 g/mol. The number of rotatable bonds is 2. The van der Waals surface area contributed by atoms with Crippen LogP contribution in [0.4, 0.5) is 0 Å². The van der Waals surface area contributed by atoms with E-state index in [1.807, 2.05) is 6.07 Å². The maximum absolute atomic E-state index is 6.41. The van der Waals surface area contributed by atoms with Gasteiger partial charge in [0.25, 0.3) is 0 Å². The van der Waals surface area contributed by atoms with Crippen molar-refractivity contribution >= 4 is 34.8 Å². The molecule has 1 nitrogen and oxygen atoms in total. The van der Waals surface area contributed by atoms with Gasteiger partial charge < -0.3 is 4.74 Å². The lowest BCUT2D eigenvalue weighted by atomic mass is 9.64. The number of alkyl halides is 1. The Balaban J connectivity index is 1.81. The van der Waals surface area contributed by atoms with Gasteiger partial charge in [0.15, 0.2) is 5.75 Å². The van der Waals surface area contributed by atoms with Crippen LogP contribution in [-0.4, -0.2) is 11.5 Å². The highest BCUT2D eigenvalue weighted by molar-refractivity contribution is 6.37. The number of ether oxygens (including phenoxy) is 1. The van der Waals surface area contributed by atoms with Crippen LogP contribution in [0.2, 0.25) is 10.0 Å². The van der Waals surface area contributed by atoms with Crippen LogP contribution in [0.1, 0.15) is 32.1 Å². The first kappa shape index (κ1) is 12.9. The number of benzene rings is 1. The summed E-state index contributed by atoms with van der Waals surface area (Å²) in [6, 6.07) is 5.44. The molecule has 18 heavy (non-hydrogen) atoms. The summed E-state index contributed by atoms with van der Waals surface area (Å²) in [5.41, 5.74) is 0.157. The molecular formula is C14H15Cl3O. The average Bonchev–Trinajstić information content (AvgIpc) is 2.84. The summed E-state index contributed by atoms with van der Waals surface area (Å²) in [4.78, 5) is 0. The highest BCUT2D eigenvalue weighted by Gasteiger charge is 2.57. The Hall–Kier alpha value is -0.110. The van der Waals surface area contributed by atoms with Crippen molar-refractivity contribution in [1.82, 2.24) is 0 Å². The first-order valence-corrected chi connectivity index (χ1v) is 7.57. The van der Waals surface area contributed by atoms with E-state index in [1.54, 1.807) is 12.1 Å². The molecule has 2 aliphatic carbocycles. The van der Waals surface area contributed by atoms with Crippen molar-refractivity contribution in [2.24, 2.45) is 5.41 Å². The van der Waals surface area contributed by atoms with E-state index < -0.39 is 0 Å². The third-order valence-corrected chi connectivity index (χ3v) is 5.61. The van der Waals surface area contributed by atoms with Crippen LogP contribution in [0.3, 0.4) is 0 Å². The van der Waals surface area contributed by atoms with Gasteiger partial charge in [0.05, 0.1) is 10.0 Å². The van der Waals surface area contributed by atoms with Crippen molar-refractivity contribution in [3.05, 3.63) is 28.2 Å². The predicted molar refractivity (Wildman–Crippen MR) is 76.0 cm³/mol. The fraction of sp³-hybridized carbons (Fsp3) is 0.571. The lowest BCUT2D eigenvalue weighted by Gasteiger charge is -2.51. The van der Waals surface area contributed by atoms with E-state index in [2.05, 4.69) is 0 Å². The molecule has 2 atom stereocenters. The van der Waals surface area contributed by atoms with Crippen molar-refractivity contribution in [1.29, 1.82) is 0 Å². The zero-order chi connectivity index (χ0) is 12.8. The molecule has 1 aromatic carbocycles. The minimum absolute atomic E-state index is 0.157. The van der Waals surface area contributed by atoms with Crippen molar-refractivity contribution < 1.29 is 4.74 Å². The van der Waals surface area contributed by atoms with Gasteiger partial charge in [-0.3, -0.25) is 0 Å². The standard InChI is InChI=1S/C14H15Cl3O/c15-9-4-3-5-10(16)13(9)18-12-8-11(17)14(12)6-1-2-7-14/h3-5,11-12H,1-2,6-8H2. The number of hydrogen-bond donors (Lipinski definition) is 0. The molecule has 0 N–H and O–H groups in total. The minimum Gasteiger partial charge on any atom is -0.487 e. The molecule has 2 fully saturated rings. The van der Waals surface area contributed by atoms with Gasteiger partial charge in [0.2, 0.25) is 0 Å². The molecular weight excluding hydrogens is 291 g/mol. The summed E-state index contributed by atoms with van der Waals surface area (Å²) >= 11 is 18.7. The number of halogens is 3. The van der Waals surface area contributed by atoms with Crippen molar-refractivity contribution in [2.75, 3.05) is 0 Å². The molecule has 0 aliphatic heterocycles. The fourth-order valence-electron chi connectivity index (χ4n) is 3.27. The molecule has 2 unspecified atom stereocenters. The molecule has 2 aliphatic rings. The summed E-state index contributed by atoms with van der Waals surface area (Å²) in [5.74, 6) is 0.612. The summed E-state index contributed by atoms with van der Waals surface area (Å²) < 4.78 is 6.07. The summed E-state index contributed by atoms with van der Waals surface area (Å²) in [6.45, 7) is 0. The van der Waals surface area contributed by atoms with Crippen LogP contribution >= 0.6 is 34.8 Å². The molecule has 0 radical (unpaired) electrons. The lowest BCUT2D eigenvalue weighted by Crippen LogP contribution is -2.55. The highest BCUT2D eigenvalue weighted by Crippen LogP contribution is 2.57. The molecule has 3 rings (SSSR count). The Labute approximate surface area is 122 Å². The van der Waals surface area contributed by atoms with E-state index in [9.17, 15) is 0 Å². The Morgan fingerprint density at radius 1 is 1.11 bits per heavy atom. The largest absolute Gasteiger partial charge is 0.487 e. The Morgan fingerprint density at radius 2 is 1.72 bits per heavy atom. The molecule has 0 saturated heterocycles. The quantitative estimate of drug-likeness (QED) is 0.673. The van der Waals surface area contributed by atoms with E-state index in [0.717, 1.165) is 19.3 Å². The smallest absolute Gasteiger partial charge is 0.156 e. The Bertz CT molecular complexity index is 434. The summed E-state index contributed by atoms with van der Waals surface area (Å²) in [5, 5.41) is 1.40. The number of para-hydroxylation sites is 1. The first-order chi connectivity index (χ1) is 8.63. The van der Waals surface area contributed by atoms with Crippen LogP contribution in [-0.2, 0) is 0 Å². The number of hydrogen-bond acceptors (Lipinski definition) is 1. The van der Waals surface area contributed by atoms with E-state index in [0.29, 0.717) is 15.8 Å². The zero-order valence-electron chi connectivity index (χ0n) is 9.96. The summed E-state index contributed by atoms with van der Waals surface area (Å²) in [7, 11) is 0. The molecule has 2 saturated carbocycles. The molecule has 1 spiro atoms. The van der Waals surface area contributed by atoms with Crippen LogP contribution in [0.25, 0.3) is 0 Å². The summed E-state index contributed by atoms with van der Waals surface area (Å²) in [6.07, 6.45) is 5.88. The van der Waals surface area contributed by atoms with Gasteiger partial charge in [-0.2, -0.15) is 0 Å². The molecule has 0 amide bonds. The SMILES string of the molecule is Clc1cccc(Cl)c1OC1CC(Cl)C12CCCC2. The van der Waals surface area contributed by atoms with Crippen LogP contribution in [0.15, 0.2) is 18.2 Å². The maximum atomic E-state index is 6.41. The molecule has 0 heterocycles. The minimum atomic E-state index is 0.157. The molecule has 98 valence electrons. The van der Waals surface area contributed by atoms with Crippen molar-refractivity contribution in [3.63, 3.8) is 0 Å². The second-order valence-electron chi connectivity index (χ2n) is 5.30. The van der Waals surface area contributed by atoms with Crippen LogP contribution < -0.4 is 4.74 Å². The van der Waals surface area contributed by atoms with E-state index in [-0.39, 0.29) is 16.9 Å². The van der Waals surface area contributed by atoms with Gasteiger partial charge in [-0.05, 0) is 25.0 Å². The van der Waals surface area contributed by atoms with Crippen LogP contribution in [0, 0.1) is 5.41 Å². The lowest BCUT2D eigenvalue weighted by molar-refractivity contribution is -0.0354. The first-order valence-electron chi connectivity index (χ1n) is 6.38. The Morgan fingerprint density at radius 3 is 2.28 bits per heavy atom. The third kappa shape index (κ3) is 1.92. The Kier molecular flexibility index (Phi) is 3.42. The van der Waals surface area contributed by atoms with Crippen molar-refractivity contribution in [3.8, 4) is 5.75 Å².